The Kier molecular flexibility index (Phi) is 34.6. The van der Waals surface area contributed by atoms with Gasteiger partial charge in [0.1, 0.15) is 23.4 Å². The summed E-state index contributed by atoms with van der Waals surface area (Å²) in [5.74, 6) is -6.09. The average molecular weight is 1370 g/mol. The van der Waals surface area contributed by atoms with E-state index in [1.54, 1.807) is 63.4 Å². The molecule has 3 unspecified atom stereocenters. The molecule has 7 N–H and O–H groups in total. The SMILES string of the molecule is CC[C@H](C)[C@@H]([C@@H](CC(=O)N1CCC[C@H]1C(C)[C@@H](C)C(=O)N[C@@H](Cc1ccccc1)c1nccs1)OC)N(C)C(=O)[C@@H](CC(=O)[C@H](C(C)C)N(C)C(=O)OCc1ccc(NC(=O)C(CCCNC(N)=O)CC(=O)[C@@H](NC(=O)C(CCCCCC(C)=O)NC(C)=O)C(C)C)cc1)C(C)C. The first kappa shape index (κ1) is 81.8. The van der Waals surface area contributed by atoms with E-state index in [1.807, 2.05) is 96.0 Å². The van der Waals surface area contributed by atoms with Crippen LogP contribution in [0.4, 0.5) is 15.3 Å². The molecular weight excluding hydrogens is 1260 g/mol. The van der Waals surface area contributed by atoms with Gasteiger partial charge in [-0.15, -0.1) is 11.3 Å². The molecule has 4 rings (SSSR count). The number of carbonyl (C=O) groups excluding carboxylic acids is 11. The smallest absolute Gasteiger partial charge is 0.410 e. The van der Waals surface area contributed by atoms with Crippen molar-refractivity contribution in [1.82, 2.24) is 41.0 Å². The molecule has 23 nitrogen and oxygen atoms in total. The predicted molar refractivity (Wildman–Crippen MR) is 375 cm³/mol. The van der Waals surface area contributed by atoms with Gasteiger partial charge in [-0.25, -0.2) is 14.6 Å². The minimum atomic E-state index is -0.998. The number of primary amides is 1. The molecule has 0 aliphatic carbocycles. The number of Topliss-reactive ketones (excluding diaryl/α,β-unsaturated/α-hetero) is 3. The topological polar surface area (TPSA) is 315 Å². The first-order valence-corrected chi connectivity index (χ1v) is 35.6. The van der Waals surface area contributed by atoms with Crippen molar-refractivity contribution in [3.05, 3.63) is 82.3 Å². The number of hydrogen-bond acceptors (Lipinski definition) is 15. The van der Waals surface area contributed by atoms with Crippen molar-refractivity contribution >= 4 is 81.9 Å². The molecule has 2 aromatic carbocycles. The van der Waals surface area contributed by atoms with Crippen LogP contribution in [0, 0.1) is 47.3 Å². The normalized spacial score (nSPS) is 16.5. The quantitative estimate of drug-likeness (QED) is 0.0288. The molecule has 0 radical (unpaired) electrons. The van der Waals surface area contributed by atoms with Crippen LogP contribution in [-0.4, -0.2) is 155 Å². The second kappa shape index (κ2) is 41.0. The number of likely N-dealkylation sites (tertiary alicyclic amines) is 1. The van der Waals surface area contributed by atoms with Crippen LogP contribution < -0.4 is 32.3 Å². The summed E-state index contributed by atoms with van der Waals surface area (Å²) in [4.78, 5) is 158. The van der Waals surface area contributed by atoms with Crippen molar-refractivity contribution in [2.75, 3.05) is 39.6 Å². The highest BCUT2D eigenvalue weighted by Gasteiger charge is 2.43. The number of nitrogens with one attached hydrogen (secondary N) is 5. The maximum atomic E-state index is 14.9. The number of aromatic nitrogens is 1. The van der Waals surface area contributed by atoms with Crippen LogP contribution in [0.2, 0.25) is 0 Å². The molecule has 1 fully saturated rings. The van der Waals surface area contributed by atoms with E-state index < -0.39 is 83.7 Å². The number of nitrogens with zero attached hydrogens (tertiary/aromatic N) is 4. The van der Waals surface area contributed by atoms with E-state index in [0.717, 1.165) is 23.4 Å². The van der Waals surface area contributed by atoms with Crippen LogP contribution in [0.5, 0.6) is 0 Å². The van der Waals surface area contributed by atoms with Gasteiger partial charge in [-0.3, -0.25) is 38.4 Å². The summed E-state index contributed by atoms with van der Waals surface area (Å²) < 4.78 is 11.9. The fourth-order valence-corrected chi connectivity index (χ4v) is 13.8. The first-order chi connectivity index (χ1) is 45.9. The van der Waals surface area contributed by atoms with Gasteiger partial charge in [0.25, 0.3) is 0 Å². The number of thiazole rings is 1. The number of likely N-dealkylation sites (N-methyl/N-ethyl adjacent to an activating group) is 2. The molecule has 12 atom stereocenters. The Bertz CT molecular complexity index is 3040. The number of unbranched alkanes of at least 4 members (excludes halogenated alkanes) is 2. The number of hydrogen-bond donors (Lipinski definition) is 6. The Morgan fingerprint density at radius 3 is 1.99 bits per heavy atom. The van der Waals surface area contributed by atoms with Crippen LogP contribution >= 0.6 is 11.3 Å². The van der Waals surface area contributed by atoms with Gasteiger partial charge >= 0.3 is 12.1 Å². The van der Waals surface area contributed by atoms with Crippen molar-refractivity contribution in [1.29, 1.82) is 0 Å². The Balaban J connectivity index is 1.40. The molecule has 1 aliphatic rings. The minimum Gasteiger partial charge on any atom is -0.445 e. The maximum absolute atomic E-state index is 14.9. The summed E-state index contributed by atoms with van der Waals surface area (Å²) in [5, 5.41) is 16.8. The number of urea groups is 1. The van der Waals surface area contributed by atoms with E-state index in [4.69, 9.17) is 15.2 Å². The Hall–Kier alpha value is -7.60. The van der Waals surface area contributed by atoms with Crippen LogP contribution in [0.15, 0.2) is 66.2 Å². The second-order valence-corrected chi connectivity index (χ2v) is 28.4. The molecule has 97 heavy (non-hydrogen) atoms. The van der Waals surface area contributed by atoms with E-state index in [0.29, 0.717) is 69.2 Å². The van der Waals surface area contributed by atoms with Gasteiger partial charge in [-0.2, -0.15) is 0 Å². The molecule has 1 aliphatic heterocycles. The highest BCUT2D eigenvalue weighted by molar-refractivity contribution is 7.09. The number of nitrogens with two attached hydrogens (primary N) is 1. The minimum absolute atomic E-state index is 0.00338. The summed E-state index contributed by atoms with van der Waals surface area (Å²) in [6.45, 7) is 22.2. The van der Waals surface area contributed by atoms with Crippen LogP contribution in [0.1, 0.15) is 189 Å². The van der Waals surface area contributed by atoms with E-state index in [9.17, 15) is 52.7 Å². The summed E-state index contributed by atoms with van der Waals surface area (Å²) in [6.07, 6.45) is 5.68. The molecule has 0 bridgehead atoms. The Morgan fingerprint density at radius 2 is 1.41 bits per heavy atom. The van der Waals surface area contributed by atoms with Crippen molar-refractivity contribution in [2.24, 2.45) is 53.1 Å². The number of benzene rings is 2. The Labute approximate surface area is 579 Å². The number of amides is 9. The lowest BCUT2D eigenvalue weighted by Gasteiger charge is -2.41. The molecule has 0 spiro atoms. The van der Waals surface area contributed by atoms with Crippen LogP contribution in [0.25, 0.3) is 0 Å². The standard InChI is InChI=1S/C73H112N10O13S/c1-16-47(8)66(62(95-15)42-63(88)83-37-24-30-59(83)49(10)50(11)67(89)79-58(70-75-36-38-97-70)39-52-26-20-18-21-27-52)81(13)71(92)56(44(2)3)41-61(87)65(46(6)7)82(14)73(94)96-43-53-31-33-55(34-32-53)78-68(90)54(28-23-35-76-72(74)93)40-60(86)64(45(4)5)80-69(91)57(77-51(12)85)29-22-17-19-25-48(9)84/h18,20-21,26-27,31-34,36,38,44-47,49-50,54,56-59,62,64-66H,16-17,19,22-25,28-30,35,37,39-43H2,1-15H3,(H,77,85)(H,78,90)(H,79,89)(H,80,91)(H3,74,76,93)/t47-,49?,50+,54?,56-,57?,58-,59-,62+,64-,65-,66-/m0/s1. The summed E-state index contributed by atoms with van der Waals surface area (Å²) in [7, 11) is 4.74. The van der Waals surface area contributed by atoms with E-state index in [1.165, 1.54) is 37.1 Å². The van der Waals surface area contributed by atoms with Gasteiger partial charge in [-0.05, 0) is 105 Å². The summed E-state index contributed by atoms with van der Waals surface area (Å²) in [5.41, 5.74) is 7.29. The van der Waals surface area contributed by atoms with Gasteiger partial charge < -0.3 is 61.3 Å². The number of ketones is 3. The van der Waals surface area contributed by atoms with E-state index in [2.05, 4.69) is 31.6 Å². The monoisotopic (exact) mass is 1370 g/mol. The average Bonchev–Trinajstić information content (AvgIpc) is 1.84. The van der Waals surface area contributed by atoms with Gasteiger partial charge in [0.2, 0.25) is 35.4 Å². The van der Waals surface area contributed by atoms with Crippen molar-refractivity contribution in [3.8, 4) is 0 Å². The van der Waals surface area contributed by atoms with E-state index in [-0.39, 0.29) is 110 Å². The fourth-order valence-electron chi connectivity index (χ4n) is 13.1. The molecular formula is C73H112N10O13S. The molecule has 538 valence electrons. The number of methoxy groups -OCH3 is 1. The van der Waals surface area contributed by atoms with E-state index >= 15 is 0 Å². The zero-order valence-corrected chi connectivity index (χ0v) is 60.9. The highest BCUT2D eigenvalue weighted by atomic mass is 32.1. The molecule has 3 aromatic rings. The van der Waals surface area contributed by atoms with Gasteiger partial charge in [0, 0.05) is 102 Å². The molecule has 24 heteroatoms. The number of carbonyl (C=O) groups is 11. The first-order valence-electron chi connectivity index (χ1n) is 34.7. The molecule has 9 amide bonds. The van der Waals surface area contributed by atoms with Crippen LogP contribution in [-0.2, 0) is 65.7 Å². The summed E-state index contributed by atoms with van der Waals surface area (Å²) in [6, 6.07) is 11.8. The molecule has 1 saturated heterocycles. The lowest BCUT2D eigenvalue weighted by Crippen LogP contribution is -2.54. The molecule has 1 aromatic heterocycles. The lowest BCUT2D eigenvalue weighted by molar-refractivity contribution is -0.148. The largest absolute Gasteiger partial charge is 0.445 e. The van der Waals surface area contributed by atoms with Gasteiger partial charge in [-0.1, -0.05) is 131 Å². The number of rotatable bonds is 42. The third-order valence-corrected chi connectivity index (χ3v) is 19.9. The third-order valence-electron chi connectivity index (χ3n) is 19.0. The zero-order valence-electron chi connectivity index (χ0n) is 60.1. The predicted octanol–water partition coefficient (Wildman–Crippen LogP) is 9.76. The van der Waals surface area contributed by atoms with Gasteiger partial charge in [0.05, 0.1) is 36.7 Å². The third kappa shape index (κ3) is 26.0. The van der Waals surface area contributed by atoms with Crippen molar-refractivity contribution in [3.63, 3.8) is 0 Å². The fraction of sp³-hybridized carbons (Fsp3) is 0.644. The van der Waals surface area contributed by atoms with Crippen molar-refractivity contribution < 1.29 is 62.2 Å². The number of ether oxygens (including phenoxy) is 2. The molecule has 0 saturated carbocycles. The maximum Gasteiger partial charge on any atom is 0.410 e. The van der Waals surface area contributed by atoms with Gasteiger partial charge in [0.15, 0.2) is 11.6 Å². The number of anilines is 1. The summed E-state index contributed by atoms with van der Waals surface area (Å²) >= 11 is 1.50. The Morgan fingerprint density at radius 1 is 0.732 bits per heavy atom. The zero-order chi connectivity index (χ0) is 72.2. The molecule has 2 heterocycles. The second-order valence-electron chi connectivity index (χ2n) is 27.5. The van der Waals surface area contributed by atoms with Crippen molar-refractivity contribution in [2.45, 2.75) is 222 Å². The lowest BCUT2D eigenvalue weighted by atomic mass is 9.83. The van der Waals surface area contributed by atoms with Crippen LogP contribution in [0.3, 0.4) is 0 Å². The highest BCUT2D eigenvalue weighted by Crippen LogP contribution is 2.34.